The highest BCUT2D eigenvalue weighted by atomic mass is 16.5. The molecule has 0 aromatic rings. The minimum Gasteiger partial charge on any atom is -0.465 e. The Morgan fingerprint density at radius 3 is 1.43 bits per heavy atom. The lowest BCUT2D eigenvalue weighted by molar-refractivity contribution is -0.149. The van der Waals surface area contributed by atoms with Crippen LogP contribution in [0.5, 0.6) is 0 Å². The molecule has 0 heterocycles. The maximum absolute atomic E-state index is 12.7. The zero-order chi connectivity index (χ0) is 33.8. The molecule has 0 fully saturated rings. The maximum Gasteiger partial charge on any atom is 0.328 e. The van der Waals surface area contributed by atoms with E-state index in [4.69, 9.17) is 9.47 Å². The highest BCUT2D eigenvalue weighted by Crippen LogP contribution is 2.19. The number of esters is 2. The summed E-state index contributed by atoms with van der Waals surface area (Å²) in [7, 11) is 0. The normalized spacial score (nSPS) is 13.5. The predicted molar refractivity (Wildman–Crippen MR) is 179 cm³/mol. The number of rotatable bonds is 24. The van der Waals surface area contributed by atoms with Gasteiger partial charge in [-0.15, -0.1) is 0 Å². The van der Waals surface area contributed by atoms with Gasteiger partial charge in [-0.25, -0.2) is 4.79 Å². The van der Waals surface area contributed by atoms with Crippen molar-refractivity contribution in [1.82, 2.24) is 10.6 Å². The van der Waals surface area contributed by atoms with E-state index in [1.54, 1.807) is 0 Å². The first-order valence-electron chi connectivity index (χ1n) is 17.4. The molecule has 0 aliphatic heterocycles. The molecular formula is C36H68N2O6. The summed E-state index contributed by atoms with van der Waals surface area (Å²) >= 11 is 0. The highest BCUT2D eigenvalue weighted by Gasteiger charge is 2.26. The van der Waals surface area contributed by atoms with Gasteiger partial charge in [0.05, 0.1) is 13.2 Å². The van der Waals surface area contributed by atoms with Crippen LogP contribution in [-0.2, 0) is 28.7 Å². The van der Waals surface area contributed by atoms with Gasteiger partial charge >= 0.3 is 11.9 Å². The van der Waals surface area contributed by atoms with Crippen LogP contribution in [0.3, 0.4) is 0 Å². The van der Waals surface area contributed by atoms with E-state index in [-0.39, 0.29) is 40.8 Å². The smallest absolute Gasteiger partial charge is 0.328 e. The van der Waals surface area contributed by atoms with Crippen molar-refractivity contribution in [2.24, 2.45) is 17.3 Å². The first kappa shape index (κ1) is 42.0. The van der Waals surface area contributed by atoms with E-state index < -0.39 is 6.04 Å². The van der Waals surface area contributed by atoms with Crippen molar-refractivity contribution >= 4 is 23.6 Å². The van der Waals surface area contributed by atoms with E-state index in [1.165, 1.54) is 0 Å². The van der Waals surface area contributed by atoms with Crippen molar-refractivity contribution in [2.45, 2.75) is 177 Å². The van der Waals surface area contributed by atoms with Crippen molar-refractivity contribution in [1.29, 1.82) is 0 Å². The van der Waals surface area contributed by atoms with E-state index >= 15 is 0 Å². The molecule has 0 aromatic carbocycles. The Morgan fingerprint density at radius 2 is 0.977 bits per heavy atom. The minimum absolute atomic E-state index is 0.105. The molecule has 2 atom stereocenters. The van der Waals surface area contributed by atoms with Gasteiger partial charge in [0.2, 0.25) is 5.91 Å². The van der Waals surface area contributed by atoms with Crippen LogP contribution in [0, 0.1) is 17.3 Å². The summed E-state index contributed by atoms with van der Waals surface area (Å²) in [5, 5.41) is 6.26. The number of hydrogen-bond acceptors (Lipinski definition) is 7. The lowest BCUT2D eigenvalue weighted by atomic mass is 9.88. The topological polar surface area (TPSA) is 111 Å². The summed E-state index contributed by atoms with van der Waals surface area (Å²) in [4.78, 5) is 49.8. The fourth-order valence-electron chi connectivity index (χ4n) is 4.92. The monoisotopic (exact) mass is 625 g/mol. The lowest BCUT2D eigenvalue weighted by Crippen LogP contribution is -2.49. The molecule has 8 nitrogen and oxygen atoms in total. The molecule has 0 bridgehead atoms. The number of nitrogens with one attached hydrogen (secondary N) is 2. The molecule has 0 aliphatic rings. The predicted octanol–water partition coefficient (Wildman–Crippen LogP) is 7.70. The zero-order valence-electron chi connectivity index (χ0n) is 30.1. The third-order valence-corrected chi connectivity index (χ3v) is 7.35. The number of Topliss-reactive ketones (excluding diaryl/α,β-unsaturated/α-hetero) is 1. The Labute approximate surface area is 269 Å². The van der Waals surface area contributed by atoms with Crippen LogP contribution >= 0.6 is 0 Å². The molecule has 2 N–H and O–H groups in total. The van der Waals surface area contributed by atoms with E-state index in [2.05, 4.69) is 24.5 Å². The number of ketones is 1. The molecule has 2 unspecified atom stereocenters. The van der Waals surface area contributed by atoms with E-state index in [0.717, 1.165) is 70.6 Å². The average Bonchev–Trinajstić information content (AvgIpc) is 2.88. The standard InChI is InChI=1S/C36H68N2O6/c1-27(2)25-29(37-32(40)22-18-14-12-11-13-17-21-31(39)35(5,6)7)33(41)43-23-19-15-16-20-24-44-34(42)30(26-28(3)4)38-36(8,9)10/h27-30,38H,11-26H2,1-10H3,(H,37,40). The third-order valence-electron chi connectivity index (χ3n) is 7.35. The average molecular weight is 625 g/mol. The summed E-state index contributed by atoms with van der Waals surface area (Å²) in [6, 6.07) is -0.927. The van der Waals surface area contributed by atoms with Gasteiger partial charge in [0, 0.05) is 23.8 Å². The molecule has 0 spiro atoms. The van der Waals surface area contributed by atoms with Crippen molar-refractivity contribution in [3.8, 4) is 0 Å². The van der Waals surface area contributed by atoms with Gasteiger partial charge in [-0.1, -0.05) is 74.1 Å². The van der Waals surface area contributed by atoms with Crippen molar-refractivity contribution in [3.63, 3.8) is 0 Å². The van der Waals surface area contributed by atoms with Gasteiger partial charge in [-0.3, -0.25) is 19.7 Å². The third kappa shape index (κ3) is 23.4. The molecule has 0 saturated carbocycles. The quantitative estimate of drug-likeness (QED) is 0.0836. The van der Waals surface area contributed by atoms with Gasteiger partial charge in [-0.2, -0.15) is 0 Å². The van der Waals surface area contributed by atoms with Crippen molar-refractivity contribution in [2.75, 3.05) is 13.2 Å². The molecule has 0 saturated heterocycles. The Bertz CT molecular complexity index is 825. The van der Waals surface area contributed by atoms with Crippen LogP contribution < -0.4 is 10.6 Å². The fraction of sp³-hybridized carbons (Fsp3) is 0.889. The van der Waals surface area contributed by atoms with Crippen LogP contribution in [0.1, 0.15) is 159 Å². The van der Waals surface area contributed by atoms with Gasteiger partial charge in [0.25, 0.3) is 0 Å². The molecule has 0 aliphatic carbocycles. The highest BCUT2D eigenvalue weighted by molar-refractivity contribution is 5.84. The van der Waals surface area contributed by atoms with Crippen LogP contribution in [0.15, 0.2) is 0 Å². The second-order valence-corrected chi connectivity index (χ2v) is 15.4. The zero-order valence-corrected chi connectivity index (χ0v) is 30.1. The number of amides is 1. The summed E-state index contributed by atoms with van der Waals surface area (Å²) in [5.74, 6) is 0.293. The molecule has 258 valence electrons. The minimum atomic E-state index is -0.622. The Kier molecular flexibility index (Phi) is 21.5. The Balaban J connectivity index is 4.20. The molecule has 1 amide bonds. The van der Waals surface area contributed by atoms with Gasteiger partial charge in [0.15, 0.2) is 0 Å². The molecule has 0 aromatic heterocycles. The maximum atomic E-state index is 12.7. The summed E-state index contributed by atoms with van der Waals surface area (Å²) in [6.45, 7) is 21.0. The SMILES string of the molecule is CC(C)CC(NC(=O)CCCCCCCCC(=O)C(C)(C)C)C(=O)OCCCCCCOC(=O)C(CC(C)C)NC(C)(C)C. The van der Waals surface area contributed by atoms with Crippen molar-refractivity contribution < 1.29 is 28.7 Å². The molecule has 0 radical (unpaired) electrons. The molecule has 8 heteroatoms. The number of ether oxygens (including phenoxy) is 2. The number of hydrogen-bond donors (Lipinski definition) is 2. The fourth-order valence-corrected chi connectivity index (χ4v) is 4.92. The molecular weight excluding hydrogens is 556 g/mol. The molecule has 44 heavy (non-hydrogen) atoms. The second-order valence-electron chi connectivity index (χ2n) is 15.4. The van der Waals surface area contributed by atoms with Crippen LogP contribution in [-0.4, -0.2) is 54.5 Å². The summed E-state index contributed by atoms with van der Waals surface area (Å²) < 4.78 is 11.1. The summed E-state index contributed by atoms with van der Waals surface area (Å²) in [5.41, 5.74) is -0.419. The second kappa shape index (κ2) is 22.5. The van der Waals surface area contributed by atoms with Crippen LogP contribution in [0.4, 0.5) is 0 Å². The van der Waals surface area contributed by atoms with Gasteiger partial charge in [-0.05, 0) is 84.0 Å². The number of carbonyl (C=O) groups excluding carboxylic acids is 4. The van der Waals surface area contributed by atoms with E-state index in [1.807, 2.05) is 55.4 Å². The van der Waals surface area contributed by atoms with Gasteiger partial charge in [0.1, 0.15) is 17.9 Å². The van der Waals surface area contributed by atoms with Gasteiger partial charge < -0.3 is 14.8 Å². The first-order valence-corrected chi connectivity index (χ1v) is 17.4. The van der Waals surface area contributed by atoms with E-state index in [0.29, 0.717) is 44.2 Å². The Morgan fingerprint density at radius 1 is 0.568 bits per heavy atom. The number of unbranched alkanes of at least 4 members (excludes halogenated alkanes) is 8. The van der Waals surface area contributed by atoms with E-state index in [9.17, 15) is 19.2 Å². The van der Waals surface area contributed by atoms with Crippen molar-refractivity contribution in [3.05, 3.63) is 0 Å². The lowest BCUT2D eigenvalue weighted by Gasteiger charge is -2.28. The first-order chi connectivity index (χ1) is 20.4. The van der Waals surface area contributed by atoms with Crippen LogP contribution in [0.25, 0.3) is 0 Å². The molecule has 0 rings (SSSR count). The number of carbonyl (C=O) groups is 4. The summed E-state index contributed by atoms with van der Waals surface area (Å²) in [6.07, 6.45) is 11.4. The Hall–Kier alpha value is -1.96. The largest absolute Gasteiger partial charge is 0.465 e. The van der Waals surface area contributed by atoms with Crippen LogP contribution in [0.2, 0.25) is 0 Å².